The van der Waals surface area contributed by atoms with E-state index in [4.69, 9.17) is 10.5 Å². The third-order valence-corrected chi connectivity index (χ3v) is 3.96. The van der Waals surface area contributed by atoms with E-state index in [1.54, 1.807) is 4.90 Å². The average molecular weight is 289 g/mol. The van der Waals surface area contributed by atoms with Gasteiger partial charge in [-0.15, -0.1) is 0 Å². The third-order valence-electron chi connectivity index (χ3n) is 3.96. The molecule has 2 saturated heterocycles. The second kappa shape index (κ2) is 5.83. The van der Waals surface area contributed by atoms with Crippen LogP contribution in [0.5, 0.6) is 0 Å². The lowest BCUT2D eigenvalue weighted by molar-refractivity contribution is -0.120. The van der Waals surface area contributed by atoms with Gasteiger partial charge in [0.05, 0.1) is 19.1 Å². The Labute approximate surface area is 123 Å². The number of carbonyl (C=O) groups excluding carboxylic acids is 2. The van der Waals surface area contributed by atoms with Crippen LogP contribution in [0.3, 0.4) is 0 Å². The maximum Gasteiger partial charge on any atom is 0.231 e. The zero-order valence-electron chi connectivity index (χ0n) is 11.7. The molecule has 112 valence electrons. The highest BCUT2D eigenvalue weighted by atomic mass is 16.5. The molecule has 21 heavy (non-hydrogen) atoms. The molecule has 0 spiro atoms. The van der Waals surface area contributed by atoms with Gasteiger partial charge in [-0.3, -0.25) is 9.59 Å². The van der Waals surface area contributed by atoms with Gasteiger partial charge in [-0.25, -0.2) is 0 Å². The van der Waals surface area contributed by atoms with E-state index in [1.165, 1.54) is 0 Å². The Hall–Kier alpha value is -1.92. The molecule has 0 radical (unpaired) electrons. The Balaban J connectivity index is 1.71. The van der Waals surface area contributed by atoms with Crippen molar-refractivity contribution in [2.24, 2.45) is 11.7 Å². The van der Waals surface area contributed by atoms with Crippen molar-refractivity contribution in [3.8, 4) is 0 Å². The molecule has 0 saturated carbocycles. The molecule has 0 aromatic heterocycles. The van der Waals surface area contributed by atoms with Crippen LogP contribution in [-0.2, 0) is 14.3 Å². The fourth-order valence-electron chi connectivity index (χ4n) is 2.75. The van der Waals surface area contributed by atoms with Crippen LogP contribution in [0, 0.1) is 5.92 Å². The van der Waals surface area contributed by atoms with Gasteiger partial charge in [0.15, 0.2) is 0 Å². The largest absolute Gasteiger partial charge is 0.379 e. The summed E-state index contributed by atoms with van der Waals surface area (Å²) in [5, 5.41) is 2.86. The number of hydrogen-bond acceptors (Lipinski definition) is 4. The Morgan fingerprint density at radius 3 is 2.90 bits per heavy atom. The fourth-order valence-corrected chi connectivity index (χ4v) is 2.75. The van der Waals surface area contributed by atoms with Crippen molar-refractivity contribution in [2.75, 3.05) is 30.0 Å². The molecule has 2 fully saturated rings. The van der Waals surface area contributed by atoms with Gasteiger partial charge in [-0.1, -0.05) is 6.07 Å². The normalized spacial score (nSPS) is 25.4. The van der Waals surface area contributed by atoms with Gasteiger partial charge in [0.1, 0.15) is 0 Å². The SMILES string of the molecule is NC1COCC1C(=O)Nc1cccc(N2CCCC2=O)c1. The number of ether oxygens (including phenoxy) is 1. The first-order valence-corrected chi connectivity index (χ1v) is 7.20. The molecular formula is C15H19N3O3. The van der Waals surface area contributed by atoms with Crippen LogP contribution in [0.15, 0.2) is 24.3 Å². The van der Waals surface area contributed by atoms with Crippen LogP contribution in [0.1, 0.15) is 12.8 Å². The first-order valence-electron chi connectivity index (χ1n) is 7.20. The maximum atomic E-state index is 12.2. The predicted octanol–water partition coefficient (Wildman–Crippen LogP) is 0.726. The summed E-state index contributed by atoms with van der Waals surface area (Å²) >= 11 is 0. The van der Waals surface area contributed by atoms with Crippen LogP contribution >= 0.6 is 0 Å². The van der Waals surface area contributed by atoms with Crippen molar-refractivity contribution in [3.63, 3.8) is 0 Å². The molecule has 2 unspecified atom stereocenters. The summed E-state index contributed by atoms with van der Waals surface area (Å²) in [5.74, 6) is -0.323. The van der Waals surface area contributed by atoms with Gasteiger partial charge in [0.25, 0.3) is 0 Å². The van der Waals surface area contributed by atoms with Gasteiger partial charge < -0.3 is 20.7 Å². The van der Waals surface area contributed by atoms with Crippen LogP contribution in [-0.4, -0.2) is 37.6 Å². The van der Waals surface area contributed by atoms with E-state index < -0.39 is 0 Å². The summed E-state index contributed by atoms with van der Waals surface area (Å²) in [5.41, 5.74) is 7.34. The van der Waals surface area contributed by atoms with E-state index in [-0.39, 0.29) is 23.8 Å². The van der Waals surface area contributed by atoms with E-state index in [0.717, 1.165) is 18.7 Å². The average Bonchev–Trinajstić information content (AvgIpc) is 3.07. The molecule has 6 heteroatoms. The summed E-state index contributed by atoms with van der Waals surface area (Å²) in [6.07, 6.45) is 1.47. The van der Waals surface area contributed by atoms with Gasteiger partial charge >= 0.3 is 0 Å². The van der Waals surface area contributed by atoms with Gasteiger partial charge in [-0.05, 0) is 24.6 Å². The monoisotopic (exact) mass is 289 g/mol. The zero-order valence-corrected chi connectivity index (χ0v) is 11.7. The molecule has 0 bridgehead atoms. The lowest BCUT2D eigenvalue weighted by atomic mass is 10.0. The molecule has 2 heterocycles. The highest BCUT2D eigenvalue weighted by Gasteiger charge is 2.31. The summed E-state index contributed by atoms with van der Waals surface area (Å²) in [7, 11) is 0. The number of nitrogens with two attached hydrogens (primary N) is 1. The number of carbonyl (C=O) groups is 2. The van der Waals surface area contributed by atoms with E-state index >= 15 is 0 Å². The molecule has 2 aliphatic heterocycles. The van der Waals surface area contributed by atoms with Crippen LogP contribution in [0.25, 0.3) is 0 Å². The lowest BCUT2D eigenvalue weighted by Crippen LogP contribution is -2.37. The molecule has 1 aromatic rings. The number of nitrogens with zero attached hydrogens (tertiary/aromatic N) is 1. The second-order valence-electron chi connectivity index (χ2n) is 5.50. The minimum Gasteiger partial charge on any atom is -0.379 e. The molecule has 6 nitrogen and oxygen atoms in total. The van der Waals surface area contributed by atoms with Crippen LogP contribution < -0.4 is 16.0 Å². The molecular weight excluding hydrogens is 270 g/mol. The quantitative estimate of drug-likeness (QED) is 0.859. The van der Waals surface area contributed by atoms with E-state index in [9.17, 15) is 9.59 Å². The van der Waals surface area contributed by atoms with E-state index in [0.29, 0.717) is 25.3 Å². The zero-order chi connectivity index (χ0) is 14.8. The van der Waals surface area contributed by atoms with Crippen molar-refractivity contribution in [2.45, 2.75) is 18.9 Å². The molecule has 1 aromatic carbocycles. The predicted molar refractivity (Wildman–Crippen MR) is 78.9 cm³/mol. The standard InChI is InChI=1S/C15H19N3O3/c16-13-9-21-8-12(13)15(20)17-10-3-1-4-11(7-10)18-6-2-5-14(18)19/h1,3-4,7,12-13H,2,5-6,8-9,16H2,(H,17,20). The van der Waals surface area contributed by atoms with Gasteiger partial charge in [0, 0.05) is 30.4 Å². The number of anilines is 2. The van der Waals surface area contributed by atoms with E-state index in [1.807, 2.05) is 24.3 Å². The highest BCUT2D eigenvalue weighted by molar-refractivity contribution is 5.97. The molecule has 2 amide bonds. The van der Waals surface area contributed by atoms with Crippen molar-refractivity contribution in [1.82, 2.24) is 0 Å². The summed E-state index contributed by atoms with van der Waals surface area (Å²) in [6.45, 7) is 1.51. The molecule has 3 rings (SSSR count). The fraction of sp³-hybridized carbons (Fsp3) is 0.467. The van der Waals surface area contributed by atoms with Crippen molar-refractivity contribution in [3.05, 3.63) is 24.3 Å². The molecule has 3 N–H and O–H groups in total. The van der Waals surface area contributed by atoms with Gasteiger partial charge in [0.2, 0.25) is 11.8 Å². The molecule has 0 aliphatic carbocycles. The molecule has 2 atom stereocenters. The highest BCUT2D eigenvalue weighted by Crippen LogP contribution is 2.25. The summed E-state index contributed by atoms with van der Waals surface area (Å²) in [4.78, 5) is 25.7. The Morgan fingerprint density at radius 2 is 2.24 bits per heavy atom. The smallest absolute Gasteiger partial charge is 0.231 e. The minimum absolute atomic E-state index is 0.129. The Kier molecular flexibility index (Phi) is 3.90. The second-order valence-corrected chi connectivity index (χ2v) is 5.50. The summed E-state index contributed by atoms with van der Waals surface area (Å²) < 4.78 is 5.21. The van der Waals surface area contributed by atoms with Crippen molar-refractivity contribution in [1.29, 1.82) is 0 Å². The molecule has 2 aliphatic rings. The van der Waals surface area contributed by atoms with Crippen LogP contribution in [0.2, 0.25) is 0 Å². The number of rotatable bonds is 3. The minimum atomic E-state index is -0.318. The van der Waals surface area contributed by atoms with Crippen molar-refractivity contribution >= 4 is 23.2 Å². The lowest BCUT2D eigenvalue weighted by Gasteiger charge is -2.18. The first kappa shape index (κ1) is 14.0. The Bertz CT molecular complexity index is 561. The number of nitrogens with one attached hydrogen (secondary N) is 1. The van der Waals surface area contributed by atoms with E-state index in [2.05, 4.69) is 5.32 Å². The number of hydrogen-bond donors (Lipinski definition) is 2. The maximum absolute atomic E-state index is 12.2. The van der Waals surface area contributed by atoms with Crippen molar-refractivity contribution < 1.29 is 14.3 Å². The number of amides is 2. The topological polar surface area (TPSA) is 84.7 Å². The third kappa shape index (κ3) is 2.91. The first-order chi connectivity index (χ1) is 10.1. The number of benzene rings is 1. The van der Waals surface area contributed by atoms with Crippen LogP contribution in [0.4, 0.5) is 11.4 Å². The summed E-state index contributed by atoms with van der Waals surface area (Å²) in [6, 6.07) is 7.09. The Morgan fingerprint density at radius 1 is 1.38 bits per heavy atom. The van der Waals surface area contributed by atoms with Gasteiger partial charge in [-0.2, -0.15) is 0 Å².